The molecule has 0 spiro atoms. The van der Waals surface area contributed by atoms with Crippen LogP contribution in [0.15, 0.2) is 0 Å². The van der Waals surface area contributed by atoms with Crippen LogP contribution in [0.3, 0.4) is 0 Å². The molecular formula is C6H16ClNO2. The Bertz CT molecular complexity index is 63.7. The molecule has 0 aliphatic rings. The molecule has 3 nitrogen and oxygen atoms in total. The quantitative estimate of drug-likeness (QED) is 0.489. The molecule has 0 saturated heterocycles. The Morgan fingerprint density at radius 2 is 2.00 bits per heavy atom. The topological polar surface area (TPSA) is 44.5 Å². The molecule has 0 amide bonds. The molecule has 0 aliphatic carbocycles. The second kappa shape index (κ2) is 9.17. The Hall–Kier alpha value is 0.170. The molecule has 0 radical (unpaired) electrons. The standard InChI is InChI=1S/C6H15NO2.ClH/c1-8-5-3-4-6(7)9-2;/h6H,3-5,7H2,1-2H3;1H. The Morgan fingerprint density at radius 3 is 2.40 bits per heavy atom. The van der Waals surface area contributed by atoms with Gasteiger partial charge < -0.3 is 15.2 Å². The number of nitrogens with two attached hydrogens (primary N) is 1. The molecule has 4 heteroatoms. The Labute approximate surface area is 68.3 Å². The maximum atomic E-state index is 5.44. The summed E-state index contributed by atoms with van der Waals surface area (Å²) in [6.07, 6.45) is 1.70. The van der Waals surface area contributed by atoms with Gasteiger partial charge in [-0.15, -0.1) is 12.4 Å². The molecule has 0 rings (SSSR count). The van der Waals surface area contributed by atoms with Gasteiger partial charge in [0.05, 0.1) is 0 Å². The summed E-state index contributed by atoms with van der Waals surface area (Å²) in [6, 6.07) is 0. The van der Waals surface area contributed by atoms with Gasteiger partial charge in [-0.05, 0) is 12.8 Å². The van der Waals surface area contributed by atoms with Crippen LogP contribution in [0.5, 0.6) is 0 Å². The number of halogens is 1. The first kappa shape index (κ1) is 12.8. The van der Waals surface area contributed by atoms with Gasteiger partial charge >= 0.3 is 0 Å². The molecule has 0 fully saturated rings. The van der Waals surface area contributed by atoms with E-state index in [4.69, 9.17) is 15.2 Å². The van der Waals surface area contributed by atoms with Crippen LogP contribution in [-0.2, 0) is 9.47 Å². The van der Waals surface area contributed by atoms with Crippen LogP contribution >= 0.6 is 12.4 Å². The van der Waals surface area contributed by atoms with Crippen LogP contribution in [0.1, 0.15) is 12.8 Å². The van der Waals surface area contributed by atoms with Crippen LogP contribution in [0.25, 0.3) is 0 Å². The smallest absolute Gasteiger partial charge is 0.105 e. The third-order valence-corrected chi connectivity index (χ3v) is 1.14. The number of methoxy groups -OCH3 is 2. The van der Waals surface area contributed by atoms with Gasteiger partial charge in [0.15, 0.2) is 0 Å². The molecule has 2 N–H and O–H groups in total. The first-order valence-corrected chi connectivity index (χ1v) is 3.08. The van der Waals surface area contributed by atoms with E-state index in [9.17, 15) is 0 Å². The minimum atomic E-state index is -0.125. The van der Waals surface area contributed by atoms with Crippen LogP contribution in [0.4, 0.5) is 0 Å². The van der Waals surface area contributed by atoms with Crippen molar-refractivity contribution in [2.75, 3.05) is 20.8 Å². The molecule has 0 aliphatic heterocycles. The van der Waals surface area contributed by atoms with Crippen LogP contribution < -0.4 is 5.73 Å². The van der Waals surface area contributed by atoms with E-state index in [-0.39, 0.29) is 18.6 Å². The fourth-order valence-corrected chi connectivity index (χ4v) is 0.547. The van der Waals surface area contributed by atoms with Crippen molar-refractivity contribution < 1.29 is 9.47 Å². The SMILES string of the molecule is COCCCC(N)OC.Cl. The molecule has 0 saturated carbocycles. The van der Waals surface area contributed by atoms with Gasteiger partial charge in [-0.1, -0.05) is 0 Å². The molecular weight excluding hydrogens is 154 g/mol. The third-order valence-electron chi connectivity index (χ3n) is 1.14. The first-order valence-electron chi connectivity index (χ1n) is 3.08. The largest absolute Gasteiger partial charge is 0.385 e. The first-order chi connectivity index (χ1) is 4.31. The van der Waals surface area contributed by atoms with Crippen molar-refractivity contribution in [1.82, 2.24) is 0 Å². The average molecular weight is 170 g/mol. The van der Waals surface area contributed by atoms with E-state index in [0.29, 0.717) is 0 Å². The van der Waals surface area contributed by atoms with Gasteiger partial charge in [-0.25, -0.2) is 0 Å². The lowest BCUT2D eigenvalue weighted by atomic mass is 10.3. The fourth-order valence-electron chi connectivity index (χ4n) is 0.547. The lowest BCUT2D eigenvalue weighted by molar-refractivity contribution is 0.0884. The second-order valence-corrected chi connectivity index (χ2v) is 1.91. The summed E-state index contributed by atoms with van der Waals surface area (Å²) in [5, 5.41) is 0. The summed E-state index contributed by atoms with van der Waals surface area (Å²) in [6.45, 7) is 0.761. The van der Waals surface area contributed by atoms with E-state index in [2.05, 4.69) is 0 Å². The number of ether oxygens (including phenoxy) is 2. The Balaban J connectivity index is 0. The maximum absolute atomic E-state index is 5.44. The summed E-state index contributed by atoms with van der Waals surface area (Å²) in [4.78, 5) is 0. The van der Waals surface area contributed by atoms with Gasteiger partial charge in [0, 0.05) is 20.8 Å². The van der Waals surface area contributed by atoms with Crippen molar-refractivity contribution >= 4 is 12.4 Å². The van der Waals surface area contributed by atoms with E-state index in [1.54, 1.807) is 14.2 Å². The predicted molar refractivity (Wildman–Crippen MR) is 43.3 cm³/mol. The van der Waals surface area contributed by atoms with E-state index in [1.165, 1.54) is 0 Å². The van der Waals surface area contributed by atoms with Crippen LogP contribution in [0, 0.1) is 0 Å². The number of rotatable bonds is 5. The van der Waals surface area contributed by atoms with Crippen molar-refractivity contribution in [1.29, 1.82) is 0 Å². The van der Waals surface area contributed by atoms with Crippen LogP contribution in [-0.4, -0.2) is 27.1 Å². The van der Waals surface area contributed by atoms with Crippen molar-refractivity contribution in [2.45, 2.75) is 19.1 Å². The second-order valence-electron chi connectivity index (χ2n) is 1.91. The molecule has 1 atom stereocenters. The molecule has 0 bridgehead atoms. The molecule has 0 aromatic heterocycles. The van der Waals surface area contributed by atoms with Crippen molar-refractivity contribution in [3.8, 4) is 0 Å². The summed E-state index contributed by atoms with van der Waals surface area (Å²) < 4.78 is 9.64. The van der Waals surface area contributed by atoms with Gasteiger partial charge in [-0.2, -0.15) is 0 Å². The molecule has 0 aromatic rings. The third kappa shape index (κ3) is 8.17. The minimum Gasteiger partial charge on any atom is -0.385 e. The molecule has 0 heterocycles. The van der Waals surface area contributed by atoms with E-state index in [1.807, 2.05) is 0 Å². The van der Waals surface area contributed by atoms with Crippen molar-refractivity contribution in [2.24, 2.45) is 5.73 Å². The average Bonchev–Trinajstić information content (AvgIpc) is 1.89. The molecule has 10 heavy (non-hydrogen) atoms. The normalized spacial score (nSPS) is 12.3. The number of hydrogen-bond donors (Lipinski definition) is 1. The van der Waals surface area contributed by atoms with Crippen molar-refractivity contribution in [3.05, 3.63) is 0 Å². The van der Waals surface area contributed by atoms with E-state index in [0.717, 1.165) is 19.4 Å². The summed E-state index contributed by atoms with van der Waals surface area (Å²) in [5.41, 5.74) is 5.44. The van der Waals surface area contributed by atoms with Crippen molar-refractivity contribution in [3.63, 3.8) is 0 Å². The molecule has 0 aromatic carbocycles. The highest BCUT2D eigenvalue weighted by atomic mass is 35.5. The maximum Gasteiger partial charge on any atom is 0.105 e. The monoisotopic (exact) mass is 169 g/mol. The van der Waals surface area contributed by atoms with Gasteiger partial charge in [0.25, 0.3) is 0 Å². The molecule has 64 valence electrons. The molecule has 1 unspecified atom stereocenters. The highest BCUT2D eigenvalue weighted by Gasteiger charge is 1.96. The summed E-state index contributed by atoms with van der Waals surface area (Å²) >= 11 is 0. The predicted octanol–water partition coefficient (Wildman–Crippen LogP) is 0.766. The Kier molecular flexibility index (Phi) is 11.7. The summed E-state index contributed by atoms with van der Waals surface area (Å²) in [7, 11) is 3.29. The lowest BCUT2D eigenvalue weighted by Gasteiger charge is -2.07. The zero-order chi connectivity index (χ0) is 7.11. The van der Waals surface area contributed by atoms with E-state index < -0.39 is 0 Å². The van der Waals surface area contributed by atoms with Crippen LogP contribution in [0.2, 0.25) is 0 Å². The zero-order valence-corrected chi connectivity index (χ0v) is 7.32. The lowest BCUT2D eigenvalue weighted by Crippen LogP contribution is -2.22. The van der Waals surface area contributed by atoms with Gasteiger partial charge in [0.2, 0.25) is 0 Å². The van der Waals surface area contributed by atoms with E-state index >= 15 is 0 Å². The minimum absolute atomic E-state index is 0. The zero-order valence-electron chi connectivity index (χ0n) is 6.50. The number of hydrogen-bond acceptors (Lipinski definition) is 3. The summed E-state index contributed by atoms with van der Waals surface area (Å²) in [5.74, 6) is 0. The van der Waals surface area contributed by atoms with Gasteiger partial charge in [-0.3, -0.25) is 0 Å². The van der Waals surface area contributed by atoms with Gasteiger partial charge in [0.1, 0.15) is 6.23 Å². The Morgan fingerprint density at radius 1 is 1.40 bits per heavy atom. The highest BCUT2D eigenvalue weighted by Crippen LogP contribution is 1.93. The fraction of sp³-hybridized carbons (Fsp3) is 1.00. The highest BCUT2D eigenvalue weighted by molar-refractivity contribution is 5.85.